The van der Waals surface area contributed by atoms with Crippen LogP contribution < -0.4 is 5.32 Å². The van der Waals surface area contributed by atoms with Crippen LogP contribution in [-0.2, 0) is 14.8 Å². The van der Waals surface area contributed by atoms with Gasteiger partial charge in [-0.25, -0.2) is 13.4 Å². The molecule has 10 heteroatoms. The summed E-state index contributed by atoms with van der Waals surface area (Å²) in [5, 5.41) is 7.10. The largest absolute Gasteiger partial charge is 0.360 e. The maximum Gasteiger partial charge on any atom is 0.248 e. The van der Waals surface area contributed by atoms with Crippen molar-refractivity contribution in [3.63, 3.8) is 0 Å². The van der Waals surface area contributed by atoms with Gasteiger partial charge in [0.25, 0.3) is 0 Å². The summed E-state index contributed by atoms with van der Waals surface area (Å²) in [7, 11) is -3.65. The lowest BCUT2D eigenvalue weighted by Crippen LogP contribution is -2.41. The number of carbonyl (C=O) groups is 1. The zero-order valence-electron chi connectivity index (χ0n) is 14.3. The Bertz CT molecular complexity index is 860. The summed E-state index contributed by atoms with van der Waals surface area (Å²) in [6.45, 7) is 5.71. The highest BCUT2D eigenvalue weighted by molar-refractivity contribution is 7.89. The van der Waals surface area contributed by atoms with Crippen molar-refractivity contribution in [1.29, 1.82) is 0 Å². The number of hydrogen-bond acceptors (Lipinski definition) is 7. The average Bonchev–Trinajstić information content (AvgIpc) is 3.13. The van der Waals surface area contributed by atoms with Crippen LogP contribution >= 0.6 is 11.3 Å². The molecule has 2 aromatic rings. The second-order valence-electron chi connectivity index (χ2n) is 6.10. The molecule has 0 radical (unpaired) electrons. The molecule has 1 fully saturated rings. The van der Waals surface area contributed by atoms with Crippen LogP contribution in [0.15, 0.2) is 15.6 Å². The van der Waals surface area contributed by atoms with Crippen LogP contribution in [0.5, 0.6) is 0 Å². The van der Waals surface area contributed by atoms with Gasteiger partial charge in [-0.2, -0.15) is 4.31 Å². The Labute approximate surface area is 150 Å². The second-order valence-corrected chi connectivity index (χ2v) is 9.21. The zero-order valence-corrected chi connectivity index (χ0v) is 15.9. The normalized spacial score (nSPS) is 16.9. The first-order chi connectivity index (χ1) is 11.8. The van der Waals surface area contributed by atoms with E-state index in [9.17, 15) is 13.2 Å². The molecule has 1 N–H and O–H groups in total. The molecular weight excluding hydrogens is 364 g/mol. The van der Waals surface area contributed by atoms with Crippen molar-refractivity contribution >= 4 is 32.4 Å². The fraction of sp³-hybridized carbons (Fsp3) is 0.533. The van der Waals surface area contributed by atoms with Crippen molar-refractivity contribution < 1.29 is 17.7 Å². The number of piperidine rings is 1. The Morgan fingerprint density at radius 2 is 2.00 bits per heavy atom. The summed E-state index contributed by atoms with van der Waals surface area (Å²) < 4.78 is 31.9. The highest BCUT2D eigenvalue weighted by Gasteiger charge is 2.35. The van der Waals surface area contributed by atoms with Crippen molar-refractivity contribution in [2.45, 2.75) is 38.5 Å². The third kappa shape index (κ3) is 3.60. The van der Waals surface area contributed by atoms with E-state index in [0.29, 0.717) is 36.8 Å². The highest BCUT2D eigenvalue weighted by Crippen LogP contribution is 2.28. The lowest BCUT2D eigenvalue weighted by atomic mass is 9.97. The van der Waals surface area contributed by atoms with Gasteiger partial charge in [-0.1, -0.05) is 5.16 Å². The molecule has 0 aliphatic carbocycles. The standard InChI is InChI=1S/C15H20N4O4S2/c1-9-8-16-15(24-9)17-14(20)12-4-6-19(7-5-12)25(21,22)13-10(2)18-23-11(13)3/h8,12H,4-7H2,1-3H3,(H,16,17,20). The van der Waals surface area contributed by atoms with Crippen molar-refractivity contribution in [3.05, 3.63) is 22.5 Å². The van der Waals surface area contributed by atoms with E-state index in [-0.39, 0.29) is 22.5 Å². The first kappa shape index (κ1) is 18.0. The van der Waals surface area contributed by atoms with Crippen LogP contribution in [-0.4, -0.2) is 41.9 Å². The highest BCUT2D eigenvalue weighted by atomic mass is 32.2. The Hall–Kier alpha value is -1.78. The fourth-order valence-corrected chi connectivity index (χ4v) is 5.38. The van der Waals surface area contributed by atoms with Gasteiger partial charge in [-0.15, -0.1) is 11.3 Å². The SMILES string of the molecule is Cc1cnc(NC(=O)C2CCN(S(=O)(=O)c3c(C)noc3C)CC2)s1. The Morgan fingerprint density at radius 1 is 1.32 bits per heavy atom. The number of aromatic nitrogens is 2. The van der Waals surface area contributed by atoms with Gasteiger partial charge in [0.2, 0.25) is 15.9 Å². The van der Waals surface area contributed by atoms with Crippen LogP contribution in [0.1, 0.15) is 29.2 Å². The topological polar surface area (TPSA) is 105 Å². The number of hydrogen-bond donors (Lipinski definition) is 1. The number of aryl methyl sites for hydroxylation is 3. The van der Waals surface area contributed by atoms with Gasteiger partial charge in [-0.3, -0.25) is 4.79 Å². The van der Waals surface area contributed by atoms with Gasteiger partial charge < -0.3 is 9.84 Å². The minimum atomic E-state index is -3.65. The molecule has 1 saturated heterocycles. The number of amides is 1. The van der Waals surface area contributed by atoms with Crippen LogP contribution in [0.3, 0.4) is 0 Å². The molecule has 0 atom stereocenters. The second kappa shape index (κ2) is 6.85. The Morgan fingerprint density at radius 3 is 2.52 bits per heavy atom. The minimum absolute atomic E-state index is 0.108. The van der Waals surface area contributed by atoms with Crippen molar-refractivity contribution in [3.8, 4) is 0 Å². The first-order valence-electron chi connectivity index (χ1n) is 7.95. The monoisotopic (exact) mass is 384 g/mol. The van der Waals surface area contributed by atoms with Gasteiger partial charge in [0, 0.05) is 30.1 Å². The van der Waals surface area contributed by atoms with Crippen LogP contribution in [0.4, 0.5) is 5.13 Å². The quantitative estimate of drug-likeness (QED) is 0.865. The number of nitrogens with one attached hydrogen (secondary N) is 1. The molecule has 0 unspecified atom stereocenters. The van der Waals surface area contributed by atoms with Crippen LogP contribution in [0.2, 0.25) is 0 Å². The van der Waals surface area contributed by atoms with Crippen molar-refractivity contribution in [2.75, 3.05) is 18.4 Å². The summed E-state index contributed by atoms with van der Waals surface area (Å²) >= 11 is 1.42. The molecule has 3 rings (SSSR count). The Balaban J connectivity index is 1.64. The molecule has 1 amide bonds. The predicted octanol–water partition coefficient (Wildman–Crippen LogP) is 2.10. The molecule has 0 bridgehead atoms. The van der Waals surface area contributed by atoms with E-state index < -0.39 is 10.0 Å². The molecule has 25 heavy (non-hydrogen) atoms. The van der Waals surface area contributed by atoms with Crippen LogP contribution in [0, 0.1) is 26.7 Å². The summed E-state index contributed by atoms with van der Waals surface area (Å²) in [5.41, 5.74) is 0.358. The summed E-state index contributed by atoms with van der Waals surface area (Å²) in [6, 6.07) is 0. The van der Waals surface area contributed by atoms with Gasteiger partial charge in [0.1, 0.15) is 10.6 Å². The molecular formula is C15H20N4O4S2. The van der Waals surface area contributed by atoms with Gasteiger partial charge >= 0.3 is 0 Å². The third-order valence-electron chi connectivity index (χ3n) is 4.24. The molecule has 0 spiro atoms. The lowest BCUT2D eigenvalue weighted by molar-refractivity contribution is -0.120. The summed E-state index contributed by atoms with van der Waals surface area (Å²) in [6.07, 6.45) is 2.65. The molecule has 2 aromatic heterocycles. The number of carbonyl (C=O) groups excluding carboxylic acids is 1. The molecule has 8 nitrogen and oxygen atoms in total. The summed E-state index contributed by atoms with van der Waals surface area (Å²) in [4.78, 5) is 17.6. The van der Waals surface area contributed by atoms with E-state index >= 15 is 0 Å². The predicted molar refractivity (Wildman–Crippen MR) is 92.9 cm³/mol. The number of rotatable bonds is 4. The number of nitrogens with zero attached hydrogens (tertiary/aromatic N) is 3. The van der Waals surface area contributed by atoms with E-state index in [1.54, 1.807) is 20.0 Å². The first-order valence-corrected chi connectivity index (χ1v) is 10.2. The van der Waals surface area contributed by atoms with E-state index in [1.807, 2.05) is 6.92 Å². The van der Waals surface area contributed by atoms with Crippen molar-refractivity contribution in [2.24, 2.45) is 5.92 Å². The number of anilines is 1. The van der Waals surface area contributed by atoms with E-state index in [4.69, 9.17) is 4.52 Å². The number of thiazole rings is 1. The zero-order chi connectivity index (χ0) is 18.2. The van der Waals surface area contributed by atoms with E-state index in [2.05, 4.69) is 15.5 Å². The molecule has 0 saturated carbocycles. The van der Waals surface area contributed by atoms with Crippen molar-refractivity contribution in [1.82, 2.24) is 14.4 Å². The minimum Gasteiger partial charge on any atom is -0.360 e. The van der Waals surface area contributed by atoms with Gasteiger partial charge in [0.15, 0.2) is 10.9 Å². The van der Waals surface area contributed by atoms with Gasteiger partial charge in [0.05, 0.1) is 0 Å². The fourth-order valence-electron chi connectivity index (χ4n) is 2.95. The van der Waals surface area contributed by atoms with Gasteiger partial charge in [-0.05, 0) is 33.6 Å². The molecule has 0 aromatic carbocycles. The van der Waals surface area contributed by atoms with Crippen LogP contribution in [0.25, 0.3) is 0 Å². The molecule has 136 valence electrons. The average molecular weight is 384 g/mol. The molecule has 1 aliphatic rings. The summed E-state index contributed by atoms with van der Waals surface area (Å²) in [5.74, 6) is -0.0411. The lowest BCUT2D eigenvalue weighted by Gasteiger charge is -2.30. The van der Waals surface area contributed by atoms with E-state index in [0.717, 1.165) is 4.88 Å². The maximum absolute atomic E-state index is 12.8. The smallest absolute Gasteiger partial charge is 0.248 e. The number of sulfonamides is 1. The molecule has 1 aliphatic heterocycles. The van der Waals surface area contributed by atoms with E-state index in [1.165, 1.54) is 15.6 Å². The Kier molecular flexibility index (Phi) is 4.94. The third-order valence-corrected chi connectivity index (χ3v) is 7.21. The maximum atomic E-state index is 12.8. The molecule has 3 heterocycles.